The molecule has 0 radical (unpaired) electrons. The van der Waals surface area contributed by atoms with Crippen LogP contribution < -0.4 is 5.73 Å². The Hall–Kier alpha value is -1.41. The van der Waals surface area contributed by atoms with E-state index in [9.17, 15) is 0 Å². The Morgan fingerprint density at radius 3 is 2.69 bits per heavy atom. The van der Waals surface area contributed by atoms with Gasteiger partial charge in [-0.2, -0.15) is 0 Å². The van der Waals surface area contributed by atoms with E-state index in [0.717, 1.165) is 18.5 Å². The van der Waals surface area contributed by atoms with Gasteiger partial charge in [0.05, 0.1) is 0 Å². The standard InChI is InChI=1S/C14H18N2/c1-14(2,15)9-7-13-12-6-4-3-5-11(12)8-10-16-13/h3-6,8,10H,7,9,15H2,1-2H3. The van der Waals surface area contributed by atoms with Crippen molar-refractivity contribution in [3.63, 3.8) is 0 Å². The van der Waals surface area contributed by atoms with Crippen LogP contribution in [-0.2, 0) is 6.42 Å². The number of pyridine rings is 1. The molecule has 0 bridgehead atoms. The van der Waals surface area contributed by atoms with E-state index < -0.39 is 0 Å². The van der Waals surface area contributed by atoms with Crippen molar-refractivity contribution in [3.8, 4) is 0 Å². The molecule has 2 rings (SSSR count). The van der Waals surface area contributed by atoms with Gasteiger partial charge in [0.2, 0.25) is 0 Å². The van der Waals surface area contributed by atoms with Crippen LogP contribution in [0.1, 0.15) is 26.0 Å². The Labute approximate surface area is 96.5 Å². The van der Waals surface area contributed by atoms with Crippen molar-refractivity contribution >= 4 is 10.8 Å². The minimum absolute atomic E-state index is 0.126. The monoisotopic (exact) mass is 214 g/mol. The van der Waals surface area contributed by atoms with Crippen molar-refractivity contribution in [1.29, 1.82) is 0 Å². The molecule has 2 N–H and O–H groups in total. The van der Waals surface area contributed by atoms with Crippen LogP contribution in [0.15, 0.2) is 36.5 Å². The van der Waals surface area contributed by atoms with Gasteiger partial charge in [-0.25, -0.2) is 0 Å². The van der Waals surface area contributed by atoms with Crippen LogP contribution >= 0.6 is 0 Å². The number of hydrogen-bond acceptors (Lipinski definition) is 2. The van der Waals surface area contributed by atoms with Crippen LogP contribution in [0, 0.1) is 0 Å². The van der Waals surface area contributed by atoms with Gasteiger partial charge >= 0.3 is 0 Å². The third kappa shape index (κ3) is 2.58. The maximum absolute atomic E-state index is 6.00. The molecule has 84 valence electrons. The molecule has 1 aromatic carbocycles. The van der Waals surface area contributed by atoms with E-state index in [2.05, 4.69) is 43.1 Å². The summed E-state index contributed by atoms with van der Waals surface area (Å²) in [4.78, 5) is 4.45. The number of hydrogen-bond donors (Lipinski definition) is 1. The summed E-state index contributed by atoms with van der Waals surface area (Å²) in [6.07, 6.45) is 3.76. The van der Waals surface area contributed by atoms with Crippen molar-refractivity contribution in [3.05, 3.63) is 42.2 Å². The Kier molecular flexibility index (Phi) is 2.92. The van der Waals surface area contributed by atoms with Crippen molar-refractivity contribution in [2.24, 2.45) is 5.73 Å². The van der Waals surface area contributed by atoms with Crippen LogP contribution in [-0.4, -0.2) is 10.5 Å². The van der Waals surface area contributed by atoms with E-state index in [1.54, 1.807) is 0 Å². The van der Waals surface area contributed by atoms with Crippen LogP contribution in [0.3, 0.4) is 0 Å². The molecule has 0 saturated carbocycles. The number of aryl methyl sites for hydroxylation is 1. The third-order valence-electron chi connectivity index (χ3n) is 2.76. The van der Waals surface area contributed by atoms with Gasteiger partial charge < -0.3 is 5.73 Å². The van der Waals surface area contributed by atoms with Gasteiger partial charge in [0, 0.05) is 22.8 Å². The van der Waals surface area contributed by atoms with E-state index in [4.69, 9.17) is 5.73 Å². The second-order valence-corrected chi connectivity index (χ2v) is 4.97. The smallest absolute Gasteiger partial charge is 0.0482 e. The zero-order valence-electron chi connectivity index (χ0n) is 9.90. The Morgan fingerprint density at radius 1 is 1.19 bits per heavy atom. The molecule has 0 aliphatic rings. The summed E-state index contributed by atoms with van der Waals surface area (Å²) in [5.74, 6) is 0. The summed E-state index contributed by atoms with van der Waals surface area (Å²) in [7, 11) is 0. The van der Waals surface area contributed by atoms with Crippen molar-refractivity contribution < 1.29 is 0 Å². The van der Waals surface area contributed by atoms with Crippen LogP contribution in [0.2, 0.25) is 0 Å². The summed E-state index contributed by atoms with van der Waals surface area (Å²) < 4.78 is 0. The number of nitrogens with zero attached hydrogens (tertiary/aromatic N) is 1. The average molecular weight is 214 g/mol. The predicted molar refractivity (Wildman–Crippen MR) is 68.3 cm³/mol. The van der Waals surface area contributed by atoms with E-state index in [0.29, 0.717) is 0 Å². The second kappa shape index (κ2) is 4.22. The molecule has 1 heterocycles. The fraction of sp³-hybridized carbons (Fsp3) is 0.357. The second-order valence-electron chi connectivity index (χ2n) is 4.97. The molecule has 0 unspecified atom stereocenters. The Morgan fingerprint density at radius 2 is 1.94 bits per heavy atom. The number of fused-ring (bicyclic) bond motifs is 1. The Bertz CT molecular complexity index is 478. The summed E-state index contributed by atoms with van der Waals surface area (Å²) >= 11 is 0. The summed E-state index contributed by atoms with van der Waals surface area (Å²) in [6, 6.07) is 10.4. The van der Waals surface area contributed by atoms with Gasteiger partial charge in [-0.1, -0.05) is 24.3 Å². The zero-order chi connectivity index (χ0) is 11.6. The van der Waals surface area contributed by atoms with E-state index in [1.165, 1.54) is 10.8 Å². The fourth-order valence-corrected chi connectivity index (χ4v) is 1.82. The fourth-order valence-electron chi connectivity index (χ4n) is 1.82. The topological polar surface area (TPSA) is 38.9 Å². The van der Waals surface area contributed by atoms with Crippen molar-refractivity contribution in [2.75, 3.05) is 0 Å². The largest absolute Gasteiger partial charge is 0.326 e. The molecular weight excluding hydrogens is 196 g/mol. The number of rotatable bonds is 3. The minimum Gasteiger partial charge on any atom is -0.326 e. The molecule has 2 heteroatoms. The van der Waals surface area contributed by atoms with Crippen molar-refractivity contribution in [1.82, 2.24) is 4.98 Å². The molecule has 0 aliphatic heterocycles. The summed E-state index contributed by atoms with van der Waals surface area (Å²) in [5, 5.41) is 2.50. The highest BCUT2D eigenvalue weighted by Gasteiger charge is 2.12. The molecule has 0 fully saturated rings. The maximum atomic E-state index is 6.00. The molecule has 0 atom stereocenters. The number of benzene rings is 1. The van der Waals surface area contributed by atoms with Gasteiger partial charge in [0.25, 0.3) is 0 Å². The molecular formula is C14H18N2. The number of aromatic nitrogens is 1. The predicted octanol–water partition coefficient (Wildman–Crippen LogP) is 2.90. The Balaban J connectivity index is 2.30. The molecule has 0 aliphatic carbocycles. The van der Waals surface area contributed by atoms with Gasteiger partial charge in [0.1, 0.15) is 0 Å². The lowest BCUT2D eigenvalue weighted by molar-refractivity contribution is 0.475. The summed E-state index contributed by atoms with van der Waals surface area (Å²) in [6.45, 7) is 4.11. The first-order valence-electron chi connectivity index (χ1n) is 5.68. The van der Waals surface area contributed by atoms with Crippen LogP contribution in [0.25, 0.3) is 10.8 Å². The van der Waals surface area contributed by atoms with E-state index in [1.807, 2.05) is 12.3 Å². The summed E-state index contributed by atoms with van der Waals surface area (Å²) in [5.41, 5.74) is 7.02. The first kappa shape index (κ1) is 11.1. The lowest BCUT2D eigenvalue weighted by atomic mass is 9.97. The quantitative estimate of drug-likeness (QED) is 0.853. The lowest BCUT2D eigenvalue weighted by Gasteiger charge is -2.18. The highest BCUT2D eigenvalue weighted by molar-refractivity contribution is 5.84. The highest BCUT2D eigenvalue weighted by atomic mass is 14.7. The van der Waals surface area contributed by atoms with E-state index >= 15 is 0 Å². The SMILES string of the molecule is CC(C)(N)CCc1nccc2ccccc12. The number of nitrogens with two attached hydrogens (primary N) is 1. The third-order valence-corrected chi connectivity index (χ3v) is 2.76. The van der Waals surface area contributed by atoms with Crippen LogP contribution in [0.5, 0.6) is 0 Å². The average Bonchev–Trinajstić information content (AvgIpc) is 2.25. The molecule has 2 nitrogen and oxygen atoms in total. The molecule has 0 spiro atoms. The molecule has 2 aromatic rings. The van der Waals surface area contributed by atoms with Gasteiger partial charge in [-0.3, -0.25) is 4.98 Å². The first-order valence-corrected chi connectivity index (χ1v) is 5.68. The molecule has 0 amide bonds. The van der Waals surface area contributed by atoms with Gasteiger partial charge in [0.15, 0.2) is 0 Å². The van der Waals surface area contributed by atoms with Crippen LogP contribution in [0.4, 0.5) is 0 Å². The molecule has 0 saturated heterocycles. The first-order chi connectivity index (χ1) is 7.56. The minimum atomic E-state index is -0.126. The van der Waals surface area contributed by atoms with Crippen molar-refractivity contribution in [2.45, 2.75) is 32.2 Å². The van der Waals surface area contributed by atoms with E-state index in [-0.39, 0.29) is 5.54 Å². The van der Waals surface area contributed by atoms with Gasteiger partial charge in [-0.05, 0) is 38.1 Å². The lowest BCUT2D eigenvalue weighted by Crippen LogP contribution is -2.32. The molecule has 16 heavy (non-hydrogen) atoms. The maximum Gasteiger partial charge on any atom is 0.0482 e. The zero-order valence-corrected chi connectivity index (χ0v) is 9.90. The van der Waals surface area contributed by atoms with Gasteiger partial charge in [-0.15, -0.1) is 0 Å². The molecule has 1 aromatic heterocycles. The highest BCUT2D eigenvalue weighted by Crippen LogP contribution is 2.19. The normalized spacial score (nSPS) is 11.9.